The molecule has 0 spiro atoms. The highest BCUT2D eigenvalue weighted by Gasteiger charge is 2.48. The molecule has 0 amide bonds. The number of carbonyl (C=O) groups is 1. The first-order valence-corrected chi connectivity index (χ1v) is 13.3. The molecule has 1 aromatic carbocycles. The summed E-state index contributed by atoms with van der Waals surface area (Å²) in [7, 11) is 1.25. The number of aryl methyl sites for hydroxylation is 1. The number of para-hydroxylation sites is 1. The number of aromatic nitrogens is 1. The molecule has 1 heterocycles. The summed E-state index contributed by atoms with van der Waals surface area (Å²) in [5.41, 5.74) is 3.30. The molecule has 0 saturated carbocycles. The fourth-order valence-electron chi connectivity index (χ4n) is 5.09. The largest absolute Gasteiger partial charge is 0.545 e. The number of fused-ring (bicyclic) bond motifs is 1. The standard InChI is InChI=1S/C25H39NO3Si/c1-10-13-23(29-30(17(2)3,18(4)5)19(6)7)24(25(27)28-9)21-16-26(8)22-15-12-11-14-20(21)22/h11-19,24H,10H2,1-9H3/b23-13-. The molecule has 0 fully saturated rings. The van der Waals surface area contributed by atoms with E-state index in [4.69, 9.17) is 9.16 Å². The molecule has 0 aliphatic rings. The number of nitrogens with zero attached hydrogens (tertiary/aromatic N) is 1. The SMILES string of the molecule is CC/C=C(\O[Si](C(C)C)(C(C)C)C(C)C)C(C(=O)OC)c1cn(C)c2ccccc12. The second kappa shape index (κ2) is 9.86. The molecule has 1 atom stereocenters. The Labute approximate surface area is 183 Å². The second-order valence-corrected chi connectivity index (χ2v) is 14.5. The van der Waals surface area contributed by atoms with Crippen LogP contribution in [0, 0.1) is 0 Å². The molecule has 4 nitrogen and oxygen atoms in total. The van der Waals surface area contributed by atoms with E-state index >= 15 is 0 Å². The maximum absolute atomic E-state index is 13.1. The number of methoxy groups -OCH3 is 1. The van der Waals surface area contributed by atoms with E-state index < -0.39 is 14.2 Å². The normalized spacial score (nSPS) is 14.1. The minimum Gasteiger partial charge on any atom is -0.545 e. The maximum Gasteiger partial charge on any atom is 0.320 e. The zero-order chi connectivity index (χ0) is 22.6. The van der Waals surface area contributed by atoms with Gasteiger partial charge in [0.05, 0.1) is 12.9 Å². The Hall–Kier alpha value is -2.01. The van der Waals surface area contributed by atoms with Gasteiger partial charge in [0, 0.05) is 24.1 Å². The summed E-state index contributed by atoms with van der Waals surface area (Å²) in [4.78, 5) is 13.1. The molecule has 0 radical (unpaired) electrons. The molecule has 0 aliphatic carbocycles. The van der Waals surface area contributed by atoms with Crippen LogP contribution in [-0.4, -0.2) is 26.0 Å². The lowest BCUT2D eigenvalue weighted by molar-refractivity contribution is -0.142. The van der Waals surface area contributed by atoms with Gasteiger partial charge in [-0.3, -0.25) is 4.79 Å². The number of esters is 1. The van der Waals surface area contributed by atoms with Gasteiger partial charge in [-0.2, -0.15) is 0 Å². The highest BCUT2D eigenvalue weighted by Crippen LogP contribution is 2.46. The Morgan fingerprint density at radius 1 is 1.07 bits per heavy atom. The molecule has 0 N–H and O–H groups in total. The molecule has 1 aromatic heterocycles. The third kappa shape index (κ3) is 4.36. The van der Waals surface area contributed by atoms with Crippen molar-refractivity contribution in [3.05, 3.63) is 47.9 Å². The van der Waals surface area contributed by atoms with E-state index in [0.717, 1.165) is 28.6 Å². The lowest BCUT2D eigenvalue weighted by Gasteiger charge is -2.43. The minimum atomic E-state index is -2.23. The first kappa shape index (κ1) is 24.3. The molecule has 166 valence electrons. The van der Waals surface area contributed by atoms with Crippen LogP contribution in [0.2, 0.25) is 16.6 Å². The van der Waals surface area contributed by atoms with E-state index in [9.17, 15) is 4.79 Å². The number of allylic oxidation sites excluding steroid dienone is 1. The van der Waals surface area contributed by atoms with E-state index in [1.54, 1.807) is 0 Å². The Bertz CT molecular complexity index is 873. The Morgan fingerprint density at radius 2 is 1.63 bits per heavy atom. The number of benzene rings is 1. The lowest BCUT2D eigenvalue weighted by atomic mass is 9.96. The number of rotatable bonds is 9. The number of ether oxygens (including phenoxy) is 1. The van der Waals surface area contributed by atoms with Crippen molar-refractivity contribution in [2.24, 2.45) is 7.05 Å². The summed E-state index contributed by atoms with van der Waals surface area (Å²) in [5.74, 6) is -0.0853. The fraction of sp³-hybridized carbons (Fsp3) is 0.560. The number of hydrogen-bond donors (Lipinski definition) is 0. The van der Waals surface area contributed by atoms with E-state index in [1.807, 2.05) is 25.4 Å². The molecule has 0 bridgehead atoms. The maximum atomic E-state index is 13.1. The molecule has 0 saturated heterocycles. The predicted molar refractivity (Wildman–Crippen MR) is 128 cm³/mol. The Kier molecular flexibility index (Phi) is 7.97. The third-order valence-electron chi connectivity index (χ3n) is 6.37. The first-order valence-electron chi connectivity index (χ1n) is 11.1. The monoisotopic (exact) mass is 429 g/mol. The van der Waals surface area contributed by atoms with Crippen molar-refractivity contribution in [2.45, 2.75) is 77.4 Å². The van der Waals surface area contributed by atoms with Crippen molar-refractivity contribution in [3.63, 3.8) is 0 Å². The third-order valence-corrected chi connectivity index (χ3v) is 12.4. The van der Waals surface area contributed by atoms with Crippen LogP contribution in [0.3, 0.4) is 0 Å². The zero-order valence-corrected chi connectivity index (χ0v) is 21.2. The van der Waals surface area contributed by atoms with E-state index in [1.165, 1.54) is 7.11 Å². The molecule has 30 heavy (non-hydrogen) atoms. The summed E-state index contributed by atoms with van der Waals surface area (Å²) >= 11 is 0. The van der Waals surface area contributed by atoms with Crippen LogP contribution in [0.25, 0.3) is 10.9 Å². The molecular formula is C25H39NO3Si. The summed E-state index contributed by atoms with van der Waals surface area (Å²) in [5, 5.41) is 1.06. The van der Waals surface area contributed by atoms with Gasteiger partial charge in [0.25, 0.3) is 8.32 Å². The van der Waals surface area contributed by atoms with Crippen molar-refractivity contribution in [2.75, 3.05) is 7.11 Å². The van der Waals surface area contributed by atoms with Gasteiger partial charge in [0.15, 0.2) is 0 Å². The first-order chi connectivity index (χ1) is 14.1. The van der Waals surface area contributed by atoms with Crippen molar-refractivity contribution in [1.29, 1.82) is 0 Å². The van der Waals surface area contributed by atoms with Crippen LogP contribution in [0.15, 0.2) is 42.3 Å². The minimum absolute atomic E-state index is 0.273. The summed E-state index contributed by atoms with van der Waals surface area (Å²) < 4.78 is 14.4. The van der Waals surface area contributed by atoms with Crippen LogP contribution >= 0.6 is 0 Å². The summed E-state index contributed by atoms with van der Waals surface area (Å²) in [6.45, 7) is 15.7. The molecule has 1 unspecified atom stereocenters. The molecule has 5 heteroatoms. The smallest absolute Gasteiger partial charge is 0.320 e. The fourth-order valence-corrected chi connectivity index (χ4v) is 10.4. The number of hydrogen-bond acceptors (Lipinski definition) is 3. The van der Waals surface area contributed by atoms with Crippen LogP contribution in [0.5, 0.6) is 0 Å². The van der Waals surface area contributed by atoms with Crippen molar-refractivity contribution < 1.29 is 14.0 Å². The van der Waals surface area contributed by atoms with Gasteiger partial charge in [-0.1, -0.05) is 66.7 Å². The lowest BCUT2D eigenvalue weighted by Crippen LogP contribution is -2.48. The van der Waals surface area contributed by atoms with Gasteiger partial charge in [0.2, 0.25) is 0 Å². The van der Waals surface area contributed by atoms with Crippen LogP contribution in [0.4, 0.5) is 0 Å². The van der Waals surface area contributed by atoms with E-state index in [-0.39, 0.29) is 5.97 Å². The van der Waals surface area contributed by atoms with E-state index in [2.05, 4.69) is 71.2 Å². The van der Waals surface area contributed by atoms with Gasteiger partial charge < -0.3 is 13.7 Å². The summed E-state index contributed by atoms with van der Waals surface area (Å²) in [6.07, 6.45) is 4.92. The van der Waals surface area contributed by atoms with Gasteiger partial charge in [-0.25, -0.2) is 0 Å². The Morgan fingerprint density at radius 3 is 2.13 bits per heavy atom. The second-order valence-electron chi connectivity index (χ2n) is 9.10. The predicted octanol–water partition coefficient (Wildman–Crippen LogP) is 6.92. The summed E-state index contributed by atoms with van der Waals surface area (Å²) in [6, 6.07) is 8.18. The van der Waals surface area contributed by atoms with Crippen LogP contribution < -0.4 is 0 Å². The highest BCUT2D eigenvalue weighted by atomic mass is 28.4. The highest BCUT2D eigenvalue weighted by molar-refractivity contribution is 6.77. The topological polar surface area (TPSA) is 40.5 Å². The quantitative estimate of drug-likeness (QED) is 0.247. The van der Waals surface area contributed by atoms with E-state index in [0.29, 0.717) is 16.6 Å². The van der Waals surface area contributed by atoms with Gasteiger partial charge in [0.1, 0.15) is 5.92 Å². The molecule has 2 rings (SSSR count). The van der Waals surface area contributed by atoms with Crippen molar-refractivity contribution >= 4 is 25.2 Å². The average Bonchev–Trinajstić information content (AvgIpc) is 3.01. The van der Waals surface area contributed by atoms with Gasteiger partial charge in [-0.15, -0.1) is 0 Å². The Balaban J connectivity index is 2.70. The van der Waals surface area contributed by atoms with Gasteiger partial charge in [-0.05, 0) is 40.8 Å². The van der Waals surface area contributed by atoms with Crippen LogP contribution in [-0.2, 0) is 21.0 Å². The number of carbonyl (C=O) groups excluding carboxylic acids is 1. The molecular weight excluding hydrogens is 390 g/mol. The molecule has 2 aromatic rings. The zero-order valence-electron chi connectivity index (χ0n) is 20.2. The van der Waals surface area contributed by atoms with Gasteiger partial charge >= 0.3 is 5.97 Å². The van der Waals surface area contributed by atoms with Crippen molar-refractivity contribution in [3.8, 4) is 0 Å². The molecule has 0 aliphatic heterocycles. The van der Waals surface area contributed by atoms with Crippen LogP contribution in [0.1, 0.15) is 66.4 Å². The van der Waals surface area contributed by atoms with Crippen molar-refractivity contribution in [1.82, 2.24) is 4.57 Å². The average molecular weight is 430 g/mol.